The van der Waals surface area contributed by atoms with Crippen molar-refractivity contribution in [3.63, 3.8) is 0 Å². The van der Waals surface area contributed by atoms with Crippen molar-refractivity contribution in [3.05, 3.63) is 18.0 Å². The highest BCUT2D eigenvalue weighted by Gasteiger charge is 2.29. The number of nitrogens with two attached hydrogens (primary N) is 1. The van der Waals surface area contributed by atoms with Crippen LogP contribution in [0, 0.1) is 5.16 Å². The highest BCUT2D eigenvalue weighted by Crippen LogP contribution is 2.53. The van der Waals surface area contributed by atoms with Crippen molar-refractivity contribution in [2.45, 2.75) is 44.2 Å². The first kappa shape index (κ1) is 19.7. The van der Waals surface area contributed by atoms with Gasteiger partial charge in [-0.15, -0.1) is 0 Å². The van der Waals surface area contributed by atoms with Crippen LogP contribution in [0.15, 0.2) is 12.3 Å². The Morgan fingerprint density at radius 1 is 1.46 bits per heavy atom. The molecule has 1 aliphatic carbocycles. The van der Waals surface area contributed by atoms with Gasteiger partial charge < -0.3 is 14.3 Å². The number of hydrogen-bond donors (Lipinski definition) is 3. The maximum atomic E-state index is 10.4. The largest absolute Gasteiger partial charge is 0.342 e. The molecule has 1 atom stereocenters. The number of nitrogens with zero attached hydrogens (tertiary/aromatic N) is 3. The number of hydrogen-bond acceptors (Lipinski definition) is 7. The Morgan fingerprint density at radius 2 is 2.21 bits per heavy atom. The van der Waals surface area contributed by atoms with Crippen molar-refractivity contribution >= 4 is 25.4 Å². The van der Waals surface area contributed by atoms with E-state index in [0.29, 0.717) is 19.1 Å². The van der Waals surface area contributed by atoms with E-state index >= 15 is 0 Å². The van der Waals surface area contributed by atoms with Crippen molar-refractivity contribution in [1.29, 1.82) is 5.16 Å². The number of nitrogens with one attached hydrogen (secondary N) is 1. The molecule has 4 N–H and O–H groups in total. The van der Waals surface area contributed by atoms with Crippen LogP contribution in [0.4, 0.5) is 5.95 Å². The number of rotatable bonds is 9. The summed E-state index contributed by atoms with van der Waals surface area (Å²) in [5, 5.41) is 13.6. The Hall–Kier alpha value is -0.660. The zero-order valence-corrected chi connectivity index (χ0v) is 15.9. The number of likely N-dealkylation sites (N-methyl/N-ethyl adjacent to an activating group) is 1. The zero-order chi connectivity index (χ0) is 17.4. The minimum Gasteiger partial charge on any atom is -0.342 e. The van der Waals surface area contributed by atoms with E-state index in [0.717, 1.165) is 43.6 Å². The first-order valence-electron chi connectivity index (χ1n) is 8.39. The van der Waals surface area contributed by atoms with Gasteiger partial charge in [-0.05, 0) is 18.9 Å². The summed E-state index contributed by atoms with van der Waals surface area (Å²) >= 11 is 1.30. The Morgan fingerprint density at radius 3 is 2.92 bits per heavy atom. The Kier molecular flexibility index (Phi) is 7.97. The van der Waals surface area contributed by atoms with Crippen LogP contribution in [0.2, 0.25) is 0 Å². The monoisotopic (exact) mass is 373 g/mol. The van der Waals surface area contributed by atoms with Crippen LogP contribution in [0.5, 0.6) is 0 Å². The predicted molar refractivity (Wildman–Crippen MR) is 100 cm³/mol. The SMILES string of the molecule is CN(CCOP(=N)(O)C1CCCCC1)c1nccc(CCSN)n1. The summed E-state index contributed by atoms with van der Waals surface area (Å²) < 4.78 is 5.57. The van der Waals surface area contributed by atoms with E-state index in [4.69, 9.17) is 14.8 Å². The summed E-state index contributed by atoms with van der Waals surface area (Å²) in [7, 11) is -1.13. The average molecular weight is 373 g/mol. The highest BCUT2D eigenvalue weighted by atomic mass is 32.2. The topological polar surface area (TPSA) is 108 Å². The summed E-state index contributed by atoms with van der Waals surface area (Å²) in [5.74, 6) is 1.45. The molecule has 0 spiro atoms. The van der Waals surface area contributed by atoms with Gasteiger partial charge in [-0.3, -0.25) is 10.3 Å². The molecular weight excluding hydrogens is 345 g/mol. The van der Waals surface area contributed by atoms with Gasteiger partial charge in [0.05, 0.1) is 6.61 Å². The van der Waals surface area contributed by atoms with Crippen LogP contribution in [-0.4, -0.2) is 46.5 Å². The van der Waals surface area contributed by atoms with Gasteiger partial charge >= 0.3 is 0 Å². The van der Waals surface area contributed by atoms with E-state index in [-0.39, 0.29) is 5.66 Å². The van der Waals surface area contributed by atoms with Crippen LogP contribution in [0.25, 0.3) is 0 Å². The van der Waals surface area contributed by atoms with Gasteiger partial charge in [-0.1, -0.05) is 31.2 Å². The van der Waals surface area contributed by atoms with Crippen LogP contribution < -0.4 is 10.0 Å². The fourth-order valence-corrected chi connectivity index (χ4v) is 4.79. The van der Waals surface area contributed by atoms with E-state index in [2.05, 4.69) is 9.97 Å². The van der Waals surface area contributed by atoms with Gasteiger partial charge in [0, 0.05) is 43.3 Å². The van der Waals surface area contributed by atoms with Crippen molar-refractivity contribution in [2.24, 2.45) is 5.14 Å². The van der Waals surface area contributed by atoms with Crippen LogP contribution >= 0.6 is 19.5 Å². The van der Waals surface area contributed by atoms with Crippen molar-refractivity contribution in [3.8, 4) is 0 Å². The van der Waals surface area contributed by atoms with E-state index in [9.17, 15) is 4.89 Å². The summed E-state index contributed by atoms with van der Waals surface area (Å²) in [6, 6.07) is 1.89. The predicted octanol–water partition coefficient (Wildman–Crippen LogP) is 3.01. The third kappa shape index (κ3) is 6.01. The maximum Gasteiger partial charge on any atom is 0.225 e. The molecule has 0 bridgehead atoms. The maximum absolute atomic E-state index is 10.4. The van der Waals surface area contributed by atoms with Gasteiger partial charge in [0.15, 0.2) is 0 Å². The third-order valence-electron chi connectivity index (χ3n) is 4.30. The standard InChI is InChI=1S/C15H28N5O2PS/c1-20(15-18-9-7-13(19-15)8-12-24-17)10-11-22-23(16,21)14-5-3-2-4-6-14/h7,9,14H,2-6,8,10-12,17H2,1H3,(H2,16,21). The first-order chi connectivity index (χ1) is 11.5. The molecule has 1 saturated carbocycles. The molecule has 1 unspecified atom stereocenters. The Balaban J connectivity index is 1.82. The molecule has 0 aromatic carbocycles. The molecule has 1 fully saturated rings. The summed E-state index contributed by atoms with van der Waals surface area (Å²) in [6.07, 6.45) is 7.76. The molecular formula is C15H28N5O2PS. The number of aryl methyl sites for hydroxylation is 1. The van der Waals surface area contributed by atoms with Crippen molar-refractivity contribution in [1.82, 2.24) is 9.97 Å². The van der Waals surface area contributed by atoms with E-state index in [1.165, 1.54) is 18.4 Å². The van der Waals surface area contributed by atoms with Crippen molar-refractivity contribution < 1.29 is 9.42 Å². The molecule has 0 aliphatic heterocycles. The first-order valence-corrected chi connectivity index (χ1v) is 11.2. The zero-order valence-electron chi connectivity index (χ0n) is 14.2. The summed E-state index contributed by atoms with van der Waals surface area (Å²) in [6.45, 7) is 0.857. The fourth-order valence-electron chi connectivity index (χ4n) is 2.82. The summed E-state index contributed by atoms with van der Waals surface area (Å²) in [5.41, 5.74) is 0.974. The van der Waals surface area contributed by atoms with Gasteiger partial charge in [-0.2, -0.15) is 0 Å². The molecule has 1 aliphatic rings. The normalized spacial score (nSPS) is 18.3. The molecule has 1 heterocycles. The molecule has 0 saturated heterocycles. The van der Waals surface area contributed by atoms with Crippen LogP contribution in [0.3, 0.4) is 0 Å². The molecule has 136 valence electrons. The van der Waals surface area contributed by atoms with E-state index in [1.54, 1.807) is 6.20 Å². The van der Waals surface area contributed by atoms with Gasteiger partial charge in [0.25, 0.3) is 0 Å². The molecule has 0 radical (unpaired) electrons. The highest BCUT2D eigenvalue weighted by molar-refractivity contribution is 7.97. The lowest BCUT2D eigenvalue weighted by molar-refractivity contribution is 0.286. The third-order valence-corrected chi connectivity index (χ3v) is 6.82. The van der Waals surface area contributed by atoms with Gasteiger partial charge in [0.1, 0.15) is 0 Å². The van der Waals surface area contributed by atoms with Gasteiger partial charge in [0.2, 0.25) is 13.5 Å². The van der Waals surface area contributed by atoms with E-state index in [1.807, 2.05) is 18.0 Å². The molecule has 1 aromatic heterocycles. The smallest absolute Gasteiger partial charge is 0.225 e. The Bertz CT molecular complexity index is 556. The van der Waals surface area contributed by atoms with E-state index < -0.39 is 7.51 Å². The molecule has 24 heavy (non-hydrogen) atoms. The molecule has 0 amide bonds. The second-order valence-electron chi connectivity index (χ2n) is 6.14. The lowest BCUT2D eigenvalue weighted by Crippen LogP contribution is -2.25. The second kappa shape index (κ2) is 9.73. The van der Waals surface area contributed by atoms with Crippen LogP contribution in [-0.2, 0) is 10.9 Å². The lowest BCUT2D eigenvalue weighted by Gasteiger charge is -2.29. The average Bonchev–Trinajstić information content (AvgIpc) is 2.60. The van der Waals surface area contributed by atoms with Crippen molar-refractivity contribution in [2.75, 3.05) is 30.9 Å². The summed E-state index contributed by atoms with van der Waals surface area (Å²) in [4.78, 5) is 21.0. The lowest BCUT2D eigenvalue weighted by atomic mass is 10.0. The molecule has 9 heteroatoms. The number of aromatic nitrogens is 2. The molecule has 1 aromatic rings. The fraction of sp³-hybridized carbons (Fsp3) is 0.733. The number of anilines is 1. The van der Waals surface area contributed by atoms with Crippen LogP contribution in [0.1, 0.15) is 37.8 Å². The second-order valence-corrected chi connectivity index (χ2v) is 9.11. The quantitative estimate of drug-likeness (QED) is 0.451. The minimum absolute atomic E-state index is 0.0184. The Labute approximate surface area is 148 Å². The molecule has 7 nitrogen and oxygen atoms in total. The van der Waals surface area contributed by atoms with Gasteiger partial charge in [-0.25, -0.2) is 9.97 Å². The molecule has 2 rings (SSSR count). The minimum atomic E-state index is -3.02.